The molecule has 0 amide bonds. The summed E-state index contributed by atoms with van der Waals surface area (Å²) in [5.41, 5.74) is 1.74. The van der Waals surface area contributed by atoms with Crippen molar-refractivity contribution >= 4 is 37.5 Å². The van der Waals surface area contributed by atoms with Gasteiger partial charge in [0.1, 0.15) is 9.84 Å². The monoisotopic (exact) mass is 438 g/mol. The summed E-state index contributed by atoms with van der Waals surface area (Å²) >= 11 is 4.80. The lowest BCUT2D eigenvalue weighted by molar-refractivity contribution is 0.603. The molecule has 0 unspecified atom stereocenters. The van der Waals surface area contributed by atoms with Crippen LogP contribution in [0.5, 0.6) is 0 Å². The number of benzene rings is 1. The zero-order valence-electron chi connectivity index (χ0n) is 13.3. The number of thioether (sulfide) groups is 1. The second-order valence-corrected chi connectivity index (χ2v) is 9.58. The van der Waals surface area contributed by atoms with Gasteiger partial charge in [-0.25, -0.2) is 8.42 Å². The molecule has 25 heavy (non-hydrogen) atoms. The topological polar surface area (TPSA) is 77.7 Å². The minimum absolute atomic E-state index is 0.0904. The fourth-order valence-electron chi connectivity index (χ4n) is 2.15. The standard InChI is InChI=1S/C16H15BrN4O2S2/c1-25(22,23)10-9-24-16-20-19-15(12-3-2-8-18-11-12)21(16)14-6-4-13(17)5-7-14/h2-8,11H,9-10H2,1H3. The zero-order chi connectivity index (χ0) is 17.9. The minimum atomic E-state index is -3.02. The molecule has 0 saturated heterocycles. The van der Waals surface area contributed by atoms with Gasteiger partial charge in [0.25, 0.3) is 0 Å². The normalized spacial score (nSPS) is 11.6. The Kier molecular flexibility index (Phi) is 5.55. The maximum atomic E-state index is 11.4. The van der Waals surface area contributed by atoms with Crippen molar-refractivity contribution in [3.05, 3.63) is 53.3 Å². The van der Waals surface area contributed by atoms with Crippen LogP contribution >= 0.6 is 27.7 Å². The number of rotatable bonds is 6. The summed E-state index contributed by atoms with van der Waals surface area (Å²) in [6, 6.07) is 11.5. The van der Waals surface area contributed by atoms with Crippen molar-refractivity contribution < 1.29 is 8.42 Å². The summed E-state index contributed by atoms with van der Waals surface area (Å²) in [7, 11) is -3.02. The first-order chi connectivity index (χ1) is 11.9. The summed E-state index contributed by atoms with van der Waals surface area (Å²) in [6.07, 6.45) is 4.66. The van der Waals surface area contributed by atoms with Gasteiger partial charge in [-0.05, 0) is 36.4 Å². The van der Waals surface area contributed by atoms with Crippen LogP contribution in [0.4, 0.5) is 0 Å². The molecule has 0 bridgehead atoms. The third kappa shape index (κ3) is 4.68. The SMILES string of the molecule is CS(=O)(=O)CCSc1nnc(-c2cccnc2)n1-c1ccc(Br)cc1. The maximum absolute atomic E-state index is 11.4. The molecular weight excluding hydrogens is 424 g/mol. The Morgan fingerprint density at radius 2 is 1.92 bits per heavy atom. The van der Waals surface area contributed by atoms with Crippen molar-refractivity contribution in [2.75, 3.05) is 17.8 Å². The van der Waals surface area contributed by atoms with Crippen LogP contribution in [0.15, 0.2) is 58.4 Å². The lowest BCUT2D eigenvalue weighted by Crippen LogP contribution is -2.06. The number of halogens is 1. The van der Waals surface area contributed by atoms with E-state index in [4.69, 9.17) is 0 Å². The van der Waals surface area contributed by atoms with Crippen LogP contribution in [0.25, 0.3) is 17.1 Å². The molecule has 0 atom stereocenters. The van der Waals surface area contributed by atoms with E-state index in [1.807, 2.05) is 41.0 Å². The summed E-state index contributed by atoms with van der Waals surface area (Å²) in [5.74, 6) is 1.17. The number of sulfone groups is 1. The van der Waals surface area contributed by atoms with E-state index in [1.165, 1.54) is 18.0 Å². The fraction of sp³-hybridized carbons (Fsp3) is 0.188. The summed E-state index contributed by atoms with van der Waals surface area (Å²) in [6.45, 7) is 0. The first-order valence-corrected chi connectivity index (χ1v) is 11.2. The summed E-state index contributed by atoms with van der Waals surface area (Å²) in [4.78, 5) is 4.14. The molecule has 3 rings (SSSR count). The summed E-state index contributed by atoms with van der Waals surface area (Å²) in [5, 5.41) is 9.19. The molecule has 0 aliphatic rings. The molecule has 130 valence electrons. The number of aromatic nitrogens is 4. The van der Waals surface area contributed by atoms with E-state index in [0.717, 1.165) is 15.7 Å². The van der Waals surface area contributed by atoms with E-state index in [2.05, 4.69) is 31.1 Å². The zero-order valence-corrected chi connectivity index (χ0v) is 16.6. The van der Waals surface area contributed by atoms with E-state index in [-0.39, 0.29) is 5.75 Å². The van der Waals surface area contributed by atoms with Crippen LogP contribution in [0.2, 0.25) is 0 Å². The Morgan fingerprint density at radius 3 is 2.56 bits per heavy atom. The van der Waals surface area contributed by atoms with Gasteiger partial charge >= 0.3 is 0 Å². The maximum Gasteiger partial charge on any atom is 0.196 e. The predicted octanol–water partition coefficient (Wildman–Crippen LogP) is 3.23. The molecule has 0 aliphatic carbocycles. The second kappa shape index (κ2) is 7.67. The summed E-state index contributed by atoms with van der Waals surface area (Å²) < 4.78 is 25.6. The van der Waals surface area contributed by atoms with Gasteiger partial charge in [-0.1, -0.05) is 27.7 Å². The van der Waals surface area contributed by atoms with Gasteiger partial charge in [0, 0.05) is 40.1 Å². The van der Waals surface area contributed by atoms with E-state index >= 15 is 0 Å². The molecule has 1 aromatic carbocycles. The van der Waals surface area contributed by atoms with Gasteiger partial charge in [-0.15, -0.1) is 10.2 Å². The van der Waals surface area contributed by atoms with Gasteiger partial charge in [-0.3, -0.25) is 9.55 Å². The van der Waals surface area contributed by atoms with Crippen LogP contribution in [0, 0.1) is 0 Å². The fourth-order valence-corrected chi connectivity index (χ4v) is 4.56. The van der Waals surface area contributed by atoms with Crippen molar-refractivity contribution in [1.82, 2.24) is 19.7 Å². The number of hydrogen-bond acceptors (Lipinski definition) is 6. The highest BCUT2D eigenvalue weighted by atomic mass is 79.9. The van der Waals surface area contributed by atoms with Crippen molar-refractivity contribution in [2.24, 2.45) is 0 Å². The molecule has 0 radical (unpaired) electrons. The molecule has 0 saturated carbocycles. The third-order valence-electron chi connectivity index (χ3n) is 3.32. The number of hydrogen-bond donors (Lipinski definition) is 0. The lowest BCUT2D eigenvalue weighted by Gasteiger charge is -2.10. The highest BCUT2D eigenvalue weighted by Crippen LogP contribution is 2.28. The smallest absolute Gasteiger partial charge is 0.196 e. The highest BCUT2D eigenvalue weighted by Gasteiger charge is 2.17. The van der Waals surface area contributed by atoms with E-state index in [0.29, 0.717) is 16.7 Å². The molecule has 0 N–H and O–H groups in total. The molecule has 0 aliphatic heterocycles. The quantitative estimate of drug-likeness (QED) is 0.549. The Balaban J connectivity index is 2.01. The van der Waals surface area contributed by atoms with E-state index < -0.39 is 9.84 Å². The van der Waals surface area contributed by atoms with Gasteiger partial charge in [0.2, 0.25) is 0 Å². The third-order valence-corrected chi connectivity index (χ3v) is 5.99. The first-order valence-electron chi connectivity index (χ1n) is 7.36. The first kappa shape index (κ1) is 18.1. The number of nitrogens with zero attached hydrogens (tertiary/aromatic N) is 4. The van der Waals surface area contributed by atoms with Crippen molar-refractivity contribution in [3.8, 4) is 17.1 Å². The minimum Gasteiger partial charge on any atom is -0.270 e. The molecule has 2 aromatic heterocycles. The molecule has 6 nitrogen and oxygen atoms in total. The van der Waals surface area contributed by atoms with E-state index in [1.54, 1.807) is 12.4 Å². The largest absolute Gasteiger partial charge is 0.270 e. The van der Waals surface area contributed by atoms with Gasteiger partial charge in [0.15, 0.2) is 11.0 Å². The molecular formula is C16H15BrN4O2S2. The van der Waals surface area contributed by atoms with Crippen molar-refractivity contribution in [3.63, 3.8) is 0 Å². The average molecular weight is 439 g/mol. The van der Waals surface area contributed by atoms with Crippen LogP contribution in [-0.2, 0) is 9.84 Å². The predicted molar refractivity (Wildman–Crippen MR) is 103 cm³/mol. The molecule has 0 fully saturated rings. The van der Waals surface area contributed by atoms with Crippen LogP contribution in [0.3, 0.4) is 0 Å². The van der Waals surface area contributed by atoms with Crippen LogP contribution in [0.1, 0.15) is 0 Å². The Bertz CT molecular complexity index is 958. The molecule has 2 heterocycles. The molecule has 9 heteroatoms. The Morgan fingerprint density at radius 1 is 1.16 bits per heavy atom. The van der Waals surface area contributed by atoms with Crippen molar-refractivity contribution in [2.45, 2.75) is 5.16 Å². The van der Waals surface area contributed by atoms with Gasteiger partial charge in [-0.2, -0.15) is 0 Å². The molecule has 3 aromatic rings. The average Bonchev–Trinajstić information content (AvgIpc) is 2.99. The van der Waals surface area contributed by atoms with Crippen molar-refractivity contribution in [1.29, 1.82) is 0 Å². The second-order valence-electron chi connectivity index (χ2n) is 5.34. The lowest BCUT2D eigenvalue weighted by atomic mass is 10.2. The number of pyridine rings is 1. The molecule has 0 spiro atoms. The van der Waals surface area contributed by atoms with Crippen LogP contribution < -0.4 is 0 Å². The highest BCUT2D eigenvalue weighted by molar-refractivity contribution is 9.10. The Hall–Kier alpha value is -1.71. The van der Waals surface area contributed by atoms with Crippen LogP contribution in [-0.4, -0.2) is 45.9 Å². The van der Waals surface area contributed by atoms with Gasteiger partial charge < -0.3 is 0 Å². The van der Waals surface area contributed by atoms with E-state index in [9.17, 15) is 8.42 Å². The Labute approximate surface area is 158 Å². The van der Waals surface area contributed by atoms with Gasteiger partial charge in [0.05, 0.1) is 5.75 Å².